The number of H-pyrrole nitrogens is 1. The molecule has 3 rings (SSSR count). The highest BCUT2D eigenvalue weighted by Gasteiger charge is 2.33. The fourth-order valence-electron chi connectivity index (χ4n) is 2.14. The zero-order chi connectivity index (χ0) is 16.4. The summed E-state index contributed by atoms with van der Waals surface area (Å²) in [6.45, 7) is 0. The van der Waals surface area contributed by atoms with Crippen molar-refractivity contribution in [2.45, 2.75) is 6.18 Å². The third-order valence-corrected chi connectivity index (χ3v) is 3.16. The van der Waals surface area contributed by atoms with Gasteiger partial charge in [0.1, 0.15) is 0 Å². The van der Waals surface area contributed by atoms with Crippen molar-refractivity contribution in [3.05, 3.63) is 54.4 Å². The molecule has 0 aliphatic heterocycles. The smallest absolute Gasteiger partial charge is 0.345 e. The van der Waals surface area contributed by atoms with E-state index in [9.17, 15) is 18.0 Å². The second kappa shape index (κ2) is 5.64. The second-order valence-corrected chi connectivity index (χ2v) is 4.76. The van der Waals surface area contributed by atoms with Gasteiger partial charge < -0.3 is 15.6 Å². The Bertz CT molecular complexity index is 857. The molecule has 0 aliphatic rings. The van der Waals surface area contributed by atoms with Gasteiger partial charge in [-0.25, -0.2) is 9.78 Å². The number of nitrogens with zero attached hydrogens (tertiary/aromatic N) is 1. The molecule has 0 bridgehead atoms. The first-order chi connectivity index (χ1) is 10.9. The Morgan fingerprint density at radius 3 is 2.65 bits per heavy atom. The number of imidazole rings is 1. The normalized spacial score (nSPS) is 11.4. The maximum atomic E-state index is 12.9. The minimum absolute atomic E-state index is 0.305. The summed E-state index contributed by atoms with van der Waals surface area (Å²) in [5.41, 5.74) is 0.653. The van der Waals surface area contributed by atoms with E-state index in [1.165, 1.54) is 24.5 Å². The van der Waals surface area contributed by atoms with Gasteiger partial charge in [0.15, 0.2) is 0 Å². The highest BCUT2D eigenvalue weighted by molar-refractivity contribution is 6.01. The number of nitrogens with one attached hydrogen (secondary N) is 3. The SMILES string of the molecule is O=C(Nc1ccc2nc[nH]c2c1)Nc1ccccc1C(F)(F)F. The lowest BCUT2D eigenvalue weighted by atomic mass is 10.1. The van der Waals surface area contributed by atoms with Crippen LogP contribution in [0.4, 0.5) is 29.3 Å². The number of rotatable bonds is 2. The van der Waals surface area contributed by atoms with E-state index < -0.39 is 17.8 Å². The van der Waals surface area contributed by atoms with Crippen molar-refractivity contribution < 1.29 is 18.0 Å². The van der Waals surface area contributed by atoms with Gasteiger partial charge in [-0.2, -0.15) is 13.2 Å². The fraction of sp³-hybridized carbons (Fsp3) is 0.0667. The van der Waals surface area contributed by atoms with Gasteiger partial charge in [0.2, 0.25) is 0 Å². The summed E-state index contributed by atoms with van der Waals surface area (Å²) in [7, 11) is 0. The predicted octanol–water partition coefficient (Wildman–Crippen LogP) is 4.23. The topological polar surface area (TPSA) is 69.8 Å². The number of carbonyl (C=O) groups is 1. The molecule has 0 saturated heterocycles. The Balaban J connectivity index is 1.77. The fourth-order valence-corrected chi connectivity index (χ4v) is 2.14. The number of aromatic nitrogens is 2. The molecule has 0 unspecified atom stereocenters. The molecule has 3 N–H and O–H groups in total. The van der Waals surface area contributed by atoms with Crippen molar-refractivity contribution in [1.82, 2.24) is 9.97 Å². The zero-order valence-corrected chi connectivity index (χ0v) is 11.6. The van der Waals surface area contributed by atoms with Gasteiger partial charge in [-0.1, -0.05) is 12.1 Å². The Morgan fingerprint density at radius 2 is 1.87 bits per heavy atom. The quantitative estimate of drug-likeness (QED) is 0.661. The lowest BCUT2D eigenvalue weighted by Crippen LogP contribution is -2.21. The zero-order valence-electron chi connectivity index (χ0n) is 11.6. The van der Waals surface area contributed by atoms with Crippen LogP contribution >= 0.6 is 0 Å². The lowest BCUT2D eigenvalue weighted by Gasteiger charge is -2.14. The largest absolute Gasteiger partial charge is 0.418 e. The van der Waals surface area contributed by atoms with E-state index in [1.807, 2.05) is 0 Å². The minimum Gasteiger partial charge on any atom is -0.345 e. The van der Waals surface area contributed by atoms with E-state index in [4.69, 9.17) is 0 Å². The van der Waals surface area contributed by atoms with Crippen molar-refractivity contribution in [2.75, 3.05) is 10.6 Å². The molecule has 2 amide bonds. The number of benzene rings is 2. The third-order valence-electron chi connectivity index (χ3n) is 3.16. The van der Waals surface area contributed by atoms with E-state index in [0.717, 1.165) is 11.6 Å². The van der Waals surface area contributed by atoms with Crippen molar-refractivity contribution in [3.63, 3.8) is 0 Å². The van der Waals surface area contributed by atoms with Crippen LogP contribution in [0.1, 0.15) is 5.56 Å². The maximum Gasteiger partial charge on any atom is 0.418 e. The van der Waals surface area contributed by atoms with Crippen LogP contribution in [0.25, 0.3) is 11.0 Å². The molecule has 3 aromatic rings. The Kier molecular flexibility index (Phi) is 3.65. The number of hydrogen-bond donors (Lipinski definition) is 3. The number of urea groups is 1. The van der Waals surface area contributed by atoms with Crippen LogP contribution in [0.3, 0.4) is 0 Å². The van der Waals surface area contributed by atoms with Crippen molar-refractivity contribution >= 4 is 28.4 Å². The summed E-state index contributed by atoms with van der Waals surface area (Å²) in [4.78, 5) is 18.8. The highest BCUT2D eigenvalue weighted by atomic mass is 19.4. The molecule has 0 spiro atoms. The molecule has 0 fully saturated rings. The van der Waals surface area contributed by atoms with E-state index in [1.54, 1.807) is 18.2 Å². The van der Waals surface area contributed by atoms with Crippen molar-refractivity contribution in [1.29, 1.82) is 0 Å². The van der Waals surface area contributed by atoms with Crippen LogP contribution in [-0.2, 0) is 6.18 Å². The summed E-state index contributed by atoms with van der Waals surface area (Å²) in [6, 6.07) is 8.95. The van der Waals surface area contributed by atoms with Crippen LogP contribution in [-0.4, -0.2) is 16.0 Å². The molecular weight excluding hydrogens is 309 g/mol. The number of anilines is 2. The molecule has 1 aromatic heterocycles. The van der Waals surface area contributed by atoms with Gasteiger partial charge >= 0.3 is 12.2 Å². The number of fused-ring (bicyclic) bond motifs is 1. The molecule has 0 radical (unpaired) electrons. The van der Waals surface area contributed by atoms with Gasteiger partial charge in [0, 0.05) is 5.69 Å². The number of hydrogen-bond acceptors (Lipinski definition) is 2. The van der Waals surface area contributed by atoms with Crippen LogP contribution in [0.5, 0.6) is 0 Å². The second-order valence-electron chi connectivity index (χ2n) is 4.76. The molecule has 118 valence electrons. The molecule has 5 nitrogen and oxygen atoms in total. The van der Waals surface area contributed by atoms with Gasteiger partial charge in [-0.05, 0) is 30.3 Å². The molecule has 0 saturated carbocycles. The summed E-state index contributed by atoms with van der Waals surface area (Å²) < 4.78 is 38.6. The van der Waals surface area contributed by atoms with Crippen molar-refractivity contribution in [2.24, 2.45) is 0 Å². The Labute approximate surface area is 128 Å². The Morgan fingerprint density at radius 1 is 1.09 bits per heavy atom. The number of carbonyl (C=O) groups excluding carboxylic acids is 1. The first-order valence-electron chi connectivity index (χ1n) is 6.61. The molecule has 0 aliphatic carbocycles. The maximum absolute atomic E-state index is 12.9. The highest BCUT2D eigenvalue weighted by Crippen LogP contribution is 2.34. The lowest BCUT2D eigenvalue weighted by molar-refractivity contribution is -0.136. The number of alkyl halides is 3. The summed E-state index contributed by atoms with van der Waals surface area (Å²) >= 11 is 0. The van der Waals surface area contributed by atoms with E-state index >= 15 is 0 Å². The molecule has 2 aromatic carbocycles. The summed E-state index contributed by atoms with van der Waals surface area (Å²) in [5.74, 6) is 0. The summed E-state index contributed by atoms with van der Waals surface area (Å²) in [5, 5.41) is 4.70. The average Bonchev–Trinajstić information content (AvgIpc) is 2.94. The molecular formula is C15H11F3N4O. The van der Waals surface area contributed by atoms with Crippen LogP contribution < -0.4 is 10.6 Å². The average molecular weight is 320 g/mol. The van der Waals surface area contributed by atoms with E-state index in [2.05, 4.69) is 20.6 Å². The first-order valence-corrected chi connectivity index (χ1v) is 6.61. The number of aromatic amines is 1. The number of para-hydroxylation sites is 1. The van der Waals surface area contributed by atoms with Gasteiger partial charge in [-0.3, -0.25) is 0 Å². The van der Waals surface area contributed by atoms with Crippen molar-refractivity contribution in [3.8, 4) is 0 Å². The van der Waals surface area contributed by atoms with Crippen LogP contribution in [0.15, 0.2) is 48.8 Å². The first kappa shape index (κ1) is 14.9. The van der Waals surface area contributed by atoms with Gasteiger partial charge in [0.25, 0.3) is 0 Å². The minimum atomic E-state index is -4.54. The summed E-state index contributed by atoms with van der Waals surface area (Å²) in [6.07, 6.45) is -3.03. The van der Waals surface area contributed by atoms with Gasteiger partial charge in [-0.15, -0.1) is 0 Å². The molecule has 23 heavy (non-hydrogen) atoms. The molecule has 0 atom stereocenters. The number of halogens is 3. The van der Waals surface area contributed by atoms with Crippen LogP contribution in [0.2, 0.25) is 0 Å². The third kappa shape index (κ3) is 3.25. The van der Waals surface area contributed by atoms with Gasteiger partial charge in [0.05, 0.1) is 28.6 Å². The Hall–Kier alpha value is -3.03. The molecule has 8 heteroatoms. The predicted molar refractivity (Wildman–Crippen MR) is 80.2 cm³/mol. The molecule has 1 heterocycles. The number of amides is 2. The van der Waals surface area contributed by atoms with Crippen LogP contribution in [0, 0.1) is 0 Å². The monoisotopic (exact) mass is 320 g/mol. The van der Waals surface area contributed by atoms with E-state index in [-0.39, 0.29) is 5.69 Å². The van der Waals surface area contributed by atoms with E-state index in [0.29, 0.717) is 11.2 Å². The standard InChI is InChI=1S/C15H11F3N4O/c16-15(17,18)10-3-1-2-4-11(10)22-14(23)21-9-5-6-12-13(7-9)20-8-19-12/h1-8H,(H,19,20)(H2,21,22,23).